The van der Waals surface area contributed by atoms with Crippen molar-refractivity contribution in [3.63, 3.8) is 0 Å². The molecule has 0 aliphatic heterocycles. The van der Waals surface area contributed by atoms with Gasteiger partial charge in [-0.3, -0.25) is 4.79 Å². The Morgan fingerprint density at radius 1 is 1.00 bits per heavy atom. The quantitative estimate of drug-likeness (QED) is 0.330. The van der Waals surface area contributed by atoms with E-state index in [0.29, 0.717) is 25.7 Å². The third kappa shape index (κ3) is 2.85. The molecular weight excluding hydrogens is 456 g/mol. The summed E-state index contributed by atoms with van der Waals surface area (Å²) in [5.74, 6) is -1.04. The minimum absolute atomic E-state index is 0.0142. The van der Waals surface area contributed by atoms with Gasteiger partial charge in [-0.15, -0.1) is 0 Å². The van der Waals surface area contributed by atoms with E-state index in [1.165, 1.54) is 0 Å². The van der Waals surface area contributed by atoms with E-state index in [9.17, 15) is 30.0 Å². The molecule has 0 aromatic rings. The molecule has 0 heterocycles. The number of fused-ring (bicyclic) bond motifs is 7. The lowest BCUT2D eigenvalue weighted by molar-refractivity contribution is -0.234. The highest BCUT2D eigenvalue weighted by Crippen LogP contribution is 2.76. The van der Waals surface area contributed by atoms with Gasteiger partial charge in [-0.05, 0) is 92.3 Å². The van der Waals surface area contributed by atoms with Crippen LogP contribution in [-0.4, -0.2) is 50.5 Å². The number of aldehydes is 1. The summed E-state index contributed by atoms with van der Waals surface area (Å²) in [6.07, 6.45) is 6.60. The van der Waals surface area contributed by atoms with E-state index >= 15 is 0 Å². The van der Waals surface area contributed by atoms with Crippen molar-refractivity contribution < 1.29 is 30.0 Å². The molecule has 0 aromatic heterocycles. The maximum absolute atomic E-state index is 12.8. The molecular formula is C30H46O6. The summed E-state index contributed by atoms with van der Waals surface area (Å²) in [6.45, 7) is 12.6. The van der Waals surface area contributed by atoms with E-state index in [4.69, 9.17) is 0 Å². The molecule has 5 aliphatic rings. The van der Waals surface area contributed by atoms with E-state index in [2.05, 4.69) is 26.8 Å². The van der Waals surface area contributed by atoms with E-state index < -0.39 is 40.5 Å². The Hall–Kier alpha value is -1.24. The average Bonchev–Trinajstić information content (AvgIpc) is 2.80. The number of carboxylic acids is 1. The van der Waals surface area contributed by atoms with Gasteiger partial charge >= 0.3 is 5.97 Å². The zero-order chi connectivity index (χ0) is 26.7. The van der Waals surface area contributed by atoms with Gasteiger partial charge in [-0.1, -0.05) is 46.3 Å². The number of carboxylic acid groups (broad SMARTS) is 1. The second kappa shape index (κ2) is 7.66. The van der Waals surface area contributed by atoms with Crippen molar-refractivity contribution in [2.75, 3.05) is 0 Å². The number of carbonyl (C=O) groups excluding carboxylic acids is 1. The van der Waals surface area contributed by atoms with Crippen LogP contribution in [0.15, 0.2) is 11.6 Å². The van der Waals surface area contributed by atoms with Crippen LogP contribution in [0, 0.1) is 50.7 Å². The fraction of sp³-hybridized carbons (Fsp3) is 0.867. The fourth-order valence-electron chi connectivity index (χ4n) is 10.9. The van der Waals surface area contributed by atoms with Crippen molar-refractivity contribution in [2.45, 2.75) is 111 Å². The number of aliphatic hydroxyl groups excluding tert-OH is 2. The molecule has 0 amide bonds. The largest absolute Gasteiger partial charge is 0.481 e. The Bertz CT molecular complexity index is 1000. The maximum atomic E-state index is 12.8. The predicted molar refractivity (Wildman–Crippen MR) is 136 cm³/mol. The first-order valence-corrected chi connectivity index (χ1v) is 14.0. The molecule has 5 rings (SSSR count). The van der Waals surface area contributed by atoms with Crippen LogP contribution in [0.2, 0.25) is 0 Å². The summed E-state index contributed by atoms with van der Waals surface area (Å²) in [7, 11) is 0. The number of aliphatic carboxylic acids is 1. The molecule has 6 nitrogen and oxygen atoms in total. The van der Waals surface area contributed by atoms with Crippen LogP contribution in [-0.2, 0) is 9.59 Å². The van der Waals surface area contributed by atoms with Crippen molar-refractivity contribution in [1.82, 2.24) is 0 Å². The summed E-state index contributed by atoms with van der Waals surface area (Å²) in [5, 5.41) is 44.2. The van der Waals surface area contributed by atoms with Crippen LogP contribution in [0.5, 0.6) is 0 Å². The molecule has 4 fully saturated rings. The second-order valence-corrected chi connectivity index (χ2v) is 14.6. The topological polar surface area (TPSA) is 115 Å². The van der Waals surface area contributed by atoms with Crippen LogP contribution in [0.3, 0.4) is 0 Å². The van der Waals surface area contributed by atoms with Crippen molar-refractivity contribution >= 4 is 12.3 Å². The van der Waals surface area contributed by atoms with Crippen LogP contribution in [0.25, 0.3) is 0 Å². The fourth-order valence-corrected chi connectivity index (χ4v) is 10.9. The number of hydrogen-bond acceptors (Lipinski definition) is 5. The summed E-state index contributed by atoms with van der Waals surface area (Å²) in [5.41, 5.74) is -2.70. The molecule has 0 bridgehead atoms. The average molecular weight is 503 g/mol. The molecule has 0 aromatic carbocycles. The molecule has 12 atom stereocenters. The number of hydrogen-bond donors (Lipinski definition) is 4. The SMILES string of the molecule is C[C@@H]1CC[C@]2(C(=O)O)CC[C@]3(C)C(=CC[C@@H]4[C@@]5(C)C[C@@H](O)[C@@H](O)[C@](C)(C=O)[C@@H]5CC[C@]43C)[C@@H]2[C@]1(C)O. The minimum atomic E-state index is -1.10. The van der Waals surface area contributed by atoms with Gasteiger partial charge in [-0.2, -0.15) is 0 Å². The predicted octanol–water partition coefficient (Wildman–Crippen LogP) is 4.35. The number of aliphatic hydroxyl groups is 3. The van der Waals surface area contributed by atoms with Gasteiger partial charge in [0.25, 0.3) is 0 Å². The number of rotatable bonds is 2. The zero-order valence-electron chi connectivity index (χ0n) is 22.9. The summed E-state index contributed by atoms with van der Waals surface area (Å²) < 4.78 is 0. The van der Waals surface area contributed by atoms with Crippen molar-refractivity contribution in [1.29, 1.82) is 0 Å². The molecule has 4 saturated carbocycles. The monoisotopic (exact) mass is 502 g/mol. The summed E-state index contributed by atoms with van der Waals surface area (Å²) in [6, 6.07) is 0. The molecule has 202 valence electrons. The Morgan fingerprint density at radius 2 is 1.67 bits per heavy atom. The van der Waals surface area contributed by atoms with Crippen LogP contribution in [0.1, 0.15) is 92.9 Å². The highest BCUT2D eigenvalue weighted by atomic mass is 16.4. The number of carbonyl (C=O) groups is 2. The van der Waals surface area contributed by atoms with Crippen LogP contribution < -0.4 is 0 Å². The van der Waals surface area contributed by atoms with E-state index in [-0.39, 0.29) is 34.0 Å². The minimum Gasteiger partial charge on any atom is -0.481 e. The van der Waals surface area contributed by atoms with Crippen molar-refractivity contribution in [3.8, 4) is 0 Å². The lowest BCUT2D eigenvalue weighted by Crippen LogP contribution is -2.69. The Morgan fingerprint density at radius 3 is 2.28 bits per heavy atom. The smallest absolute Gasteiger partial charge is 0.310 e. The Labute approximate surface area is 215 Å². The molecule has 6 heteroatoms. The van der Waals surface area contributed by atoms with E-state index in [0.717, 1.165) is 37.5 Å². The lowest BCUT2D eigenvalue weighted by Gasteiger charge is -2.71. The standard InChI is InChI=1S/C30H46O6/c1-17-9-12-30(24(34)35)14-13-27(4)18(22(30)29(17,6)36)7-8-21-25(2)15-19(32)23(33)26(3,16-31)20(25)10-11-28(21,27)5/h7,16-17,19-23,32-33,36H,8-15H2,1-6H3,(H,34,35)/t17-,19-,20-,21-,22-,23-,25+,26-,27-,28-,29-,30+/m1/s1. The normalized spacial score (nSPS) is 58.4. The van der Waals surface area contributed by atoms with Gasteiger partial charge in [0.2, 0.25) is 0 Å². The van der Waals surface area contributed by atoms with E-state index in [1.807, 2.05) is 20.8 Å². The molecule has 36 heavy (non-hydrogen) atoms. The van der Waals surface area contributed by atoms with Gasteiger partial charge in [0.05, 0.1) is 28.6 Å². The second-order valence-electron chi connectivity index (χ2n) is 14.6. The van der Waals surface area contributed by atoms with Crippen molar-refractivity contribution in [3.05, 3.63) is 11.6 Å². The van der Waals surface area contributed by atoms with Gasteiger partial charge in [-0.25, -0.2) is 0 Å². The first-order valence-electron chi connectivity index (χ1n) is 14.0. The highest BCUT2D eigenvalue weighted by molar-refractivity contribution is 5.77. The van der Waals surface area contributed by atoms with Crippen LogP contribution in [0.4, 0.5) is 0 Å². The molecule has 0 radical (unpaired) electrons. The summed E-state index contributed by atoms with van der Waals surface area (Å²) in [4.78, 5) is 25.2. The highest BCUT2D eigenvalue weighted by Gasteiger charge is 2.72. The van der Waals surface area contributed by atoms with Gasteiger partial charge < -0.3 is 25.2 Å². The molecule has 5 aliphatic carbocycles. The van der Waals surface area contributed by atoms with Gasteiger partial charge in [0.15, 0.2) is 0 Å². The zero-order valence-corrected chi connectivity index (χ0v) is 22.9. The third-order valence-corrected chi connectivity index (χ3v) is 13.4. The Kier molecular flexibility index (Phi) is 5.61. The molecule has 4 N–H and O–H groups in total. The van der Waals surface area contributed by atoms with E-state index in [1.54, 1.807) is 0 Å². The molecule has 0 unspecified atom stereocenters. The third-order valence-electron chi connectivity index (χ3n) is 13.4. The van der Waals surface area contributed by atoms with Gasteiger partial charge in [0.1, 0.15) is 6.29 Å². The maximum Gasteiger partial charge on any atom is 0.310 e. The van der Waals surface area contributed by atoms with Crippen LogP contribution >= 0.6 is 0 Å². The summed E-state index contributed by atoms with van der Waals surface area (Å²) >= 11 is 0. The molecule has 0 saturated heterocycles. The number of allylic oxidation sites excluding steroid dienone is 1. The van der Waals surface area contributed by atoms with Crippen molar-refractivity contribution in [2.24, 2.45) is 50.7 Å². The first-order chi connectivity index (χ1) is 16.6. The molecule has 0 spiro atoms. The Balaban J connectivity index is 1.65. The first kappa shape index (κ1) is 26.4. The lowest BCUT2D eigenvalue weighted by atomic mass is 9.33. The van der Waals surface area contributed by atoms with Gasteiger partial charge in [0, 0.05) is 5.92 Å².